The van der Waals surface area contributed by atoms with Gasteiger partial charge < -0.3 is 0 Å². The number of hydrogen-bond acceptors (Lipinski definition) is 1. The van der Waals surface area contributed by atoms with Crippen LogP contribution in [-0.2, 0) is 0 Å². The topological polar surface area (TPSA) is 17.1 Å². The van der Waals surface area contributed by atoms with Crippen molar-refractivity contribution in [3.8, 4) is 0 Å². The zero-order valence-corrected chi connectivity index (χ0v) is 9.81. The summed E-state index contributed by atoms with van der Waals surface area (Å²) in [6.07, 6.45) is 1.76. The van der Waals surface area contributed by atoms with E-state index in [4.69, 9.17) is 0 Å². The van der Waals surface area contributed by atoms with E-state index >= 15 is 0 Å². The Bertz CT molecular complexity index is 533. The summed E-state index contributed by atoms with van der Waals surface area (Å²) in [5.41, 5.74) is 3.61. The molecule has 0 aliphatic heterocycles. The van der Waals surface area contributed by atoms with E-state index in [2.05, 4.69) is 6.58 Å². The maximum absolute atomic E-state index is 12.1. The Kier molecular flexibility index (Phi) is 3.20. The number of carbonyl (C=O) groups is 1. The van der Waals surface area contributed by atoms with Gasteiger partial charge in [0.1, 0.15) is 0 Å². The van der Waals surface area contributed by atoms with Gasteiger partial charge in [-0.05, 0) is 12.5 Å². The van der Waals surface area contributed by atoms with E-state index in [1.54, 1.807) is 6.08 Å². The molecule has 84 valence electrons. The fourth-order valence-corrected chi connectivity index (χ4v) is 1.64. The molecule has 0 atom stereocenters. The fraction of sp³-hybridized carbons (Fsp3) is 0.0625. The van der Waals surface area contributed by atoms with E-state index in [9.17, 15) is 4.79 Å². The average molecular weight is 222 g/mol. The van der Waals surface area contributed by atoms with Crippen LogP contribution in [0.2, 0.25) is 0 Å². The largest absolute Gasteiger partial charge is 0.289 e. The second-order valence-corrected chi connectivity index (χ2v) is 4.02. The van der Waals surface area contributed by atoms with Gasteiger partial charge in [-0.1, -0.05) is 66.7 Å². The van der Waals surface area contributed by atoms with E-state index in [1.807, 2.05) is 55.5 Å². The van der Waals surface area contributed by atoms with Crippen LogP contribution in [0.5, 0.6) is 0 Å². The van der Waals surface area contributed by atoms with Crippen LogP contribution < -0.4 is 0 Å². The van der Waals surface area contributed by atoms with Crippen LogP contribution in [0.25, 0.3) is 6.08 Å². The molecule has 0 aliphatic rings. The van der Waals surface area contributed by atoms with Crippen molar-refractivity contribution in [1.82, 2.24) is 0 Å². The lowest BCUT2D eigenvalue weighted by Gasteiger charge is -2.02. The molecule has 1 heteroatoms. The SMILES string of the molecule is C=Cc1ccc(C(=O)c2ccc(C)cc2)cc1. The molecule has 17 heavy (non-hydrogen) atoms. The lowest BCUT2D eigenvalue weighted by Crippen LogP contribution is -2.00. The molecule has 0 fully saturated rings. The third-order valence-corrected chi connectivity index (χ3v) is 2.72. The first-order valence-electron chi connectivity index (χ1n) is 5.54. The quantitative estimate of drug-likeness (QED) is 0.720. The molecular formula is C16H14O. The average Bonchev–Trinajstić information content (AvgIpc) is 2.39. The molecule has 0 heterocycles. The summed E-state index contributed by atoms with van der Waals surface area (Å²) >= 11 is 0. The van der Waals surface area contributed by atoms with Crippen molar-refractivity contribution in [3.63, 3.8) is 0 Å². The van der Waals surface area contributed by atoms with Crippen LogP contribution in [-0.4, -0.2) is 5.78 Å². The first-order valence-corrected chi connectivity index (χ1v) is 5.54. The Labute approximate surface area is 101 Å². The lowest BCUT2D eigenvalue weighted by atomic mass is 10.0. The molecule has 0 saturated carbocycles. The highest BCUT2D eigenvalue weighted by Crippen LogP contribution is 2.12. The summed E-state index contributed by atoms with van der Waals surface area (Å²) in [5, 5.41) is 0. The minimum absolute atomic E-state index is 0.0561. The number of benzene rings is 2. The summed E-state index contributed by atoms with van der Waals surface area (Å²) in [6, 6.07) is 15.1. The Morgan fingerprint density at radius 2 is 1.41 bits per heavy atom. The van der Waals surface area contributed by atoms with Gasteiger partial charge in [0, 0.05) is 11.1 Å². The van der Waals surface area contributed by atoms with Crippen LogP contribution in [0, 0.1) is 6.92 Å². The molecule has 0 spiro atoms. The van der Waals surface area contributed by atoms with Gasteiger partial charge in [-0.2, -0.15) is 0 Å². The molecule has 0 aromatic heterocycles. The van der Waals surface area contributed by atoms with E-state index in [1.165, 1.54) is 0 Å². The highest BCUT2D eigenvalue weighted by atomic mass is 16.1. The van der Waals surface area contributed by atoms with Crippen molar-refractivity contribution in [3.05, 3.63) is 77.4 Å². The summed E-state index contributed by atoms with van der Waals surface area (Å²) < 4.78 is 0. The maximum Gasteiger partial charge on any atom is 0.193 e. The van der Waals surface area contributed by atoms with Crippen LogP contribution in [0.15, 0.2) is 55.1 Å². The third kappa shape index (κ3) is 2.51. The van der Waals surface area contributed by atoms with Crippen molar-refractivity contribution >= 4 is 11.9 Å². The number of carbonyl (C=O) groups excluding carboxylic acids is 1. The molecule has 0 bridgehead atoms. The molecule has 0 radical (unpaired) electrons. The first-order chi connectivity index (χ1) is 8.20. The van der Waals surface area contributed by atoms with Gasteiger partial charge in [-0.25, -0.2) is 0 Å². The predicted molar refractivity (Wildman–Crippen MR) is 71.1 cm³/mol. The summed E-state index contributed by atoms with van der Waals surface area (Å²) in [4.78, 5) is 12.1. The highest BCUT2D eigenvalue weighted by molar-refractivity contribution is 6.09. The Hall–Kier alpha value is -2.15. The number of hydrogen-bond donors (Lipinski definition) is 0. The minimum atomic E-state index is 0.0561. The van der Waals surface area contributed by atoms with Crippen LogP contribution in [0.4, 0.5) is 0 Å². The van der Waals surface area contributed by atoms with Gasteiger partial charge in [0.25, 0.3) is 0 Å². The van der Waals surface area contributed by atoms with Crippen molar-refractivity contribution in [2.45, 2.75) is 6.92 Å². The molecule has 2 aromatic carbocycles. The minimum Gasteiger partial charge on any atom is -0.289 e. The molecule has 0 saturated heterocycles. The Balaban J connectivity index is 2.30. The van der Waals surface area contributed by atoms with Crippen molar-refractivity contribution < 1.29 is 4.79 Å². The van der Waals surface area contributed by atoms with Gasteiger partial charge in [0.05, 0.1) is 0 Å². The maximum atomic E-state index is 12.1. The Morgan fingerprint density at radius 1 is 0.941 bits per heavy atom. The van der Waals surface area contributed by atoms with Gasteiger partial charge >= 0.3 is 0 Å². The van der Waals surface area contributed by atoms with Crippen LogP contribution in [0.1, 0.15) is 27.0 Å². The first kappa shape index (κ1) is 11.3. The molecule has 2 aromatic rings. The fourth-order valence-electron chi connectivity index (χ4n) is 1.64. The van der Waals surface area contributed by atoms with E-state index in [-0.39, 0.29) is 5.78 Å². The molecule has 0 amide bonds. The zero-order chi connectivity index (χ0) is 12.3. The Morgan fingerprint density at radius 3 is 1.88 bits per heavy atom. The standard InChI is InChI=1S/C16H14O/c1-3-13-6-10-15(11-7-13)16(17)14-8-4-12(2)5-9-14/h3-11H,1H2,2H3. The molecule has 1 nitrogen and oxygen atoms in total. The zero-order valence-electron chi connectivity index (χ0n) is 9.81. The van der Waals surface area contributed by atoms with Crippen LogP contribution in [0.3, 0.4) is 0 Å². The number of ketones is 1. The smallest absolute Gasteiger partial charge is 0.193 e. The monoisotopic (exact) mass is 222 g/mol. The van der Waals surface area contributed by atoms with E-state index in [0.717, 1.165) is 16.7 Å². The molecule has 2 rings (SSSR count). The molecule has 0 N–H and O–H groups in total. The molecular weight excluding hydrogens is 208 g/mol. The number of aryl methyl sites for hydroxylation is 1. The van der Waals surface area contributed by atoms with Crippen LogP contribution >= 0.6 is 0 Å². The van der Waals surface area contributed by atoms with Crippen molar-refractivity contribution in [2.75, 3.05) is 0 Å². The van der Waals surface area contributed by atoms with Gasteiger partial charge in [0.2, 0.25) is 0 Å². The third-order valence-electron chi connectivity index (χ3n) is 2.72. The lowest BCUT2D eigenvalue weighted by molar-refractivity contribution is 0.103. The summed E-state index contributed by atoms with van der Waals surface area (Å²) in [7, 11) is 0. The van der Waals surface area contributed by atoms with Gasteiger partial charge in [-0.3, -0.25) is 4.79 Å². The van der Waals surface area contributed by atoms with Crippen molar-refractivity contribution in [2.24, 2.45) is 0 Å². The van der Waals surface area contributed by atoms with Gasteiger partial charge in [-0.15, -0.1) is 0 Å². The van der Waals surface area contributed by atoms with E-state index < -0.39 is 0 Å². The number of rotatable bonds is 3. The predicted octanol–water partition coefficient (Wildman–Crippen LogP) is 3.87. The summed E-state index contributed by atoms with van der Waals surface area (Å²) in [6.45, 7) is 5.70. The molecule has 0 aliphatic carbocycles. The van der Waals surface area contributed by atoms with E-state index in [0.29, 0.717) is 5.56 Å². The van der Waals surface area contributed by atoms with Crippen molar-refractivity contribution in [1.29, 1.82) is 0 Å². The second kappa shape index (κ2) is 4.79. The summed E-state index contributed by atoms with van der Waals surface area (Å²) in [5.74, 6) is 0.0561. The highest BCUT2D eigenvalue weighted by Gasteiger charge is 2.07. The normalized spacial score (nSPS) is 9.94. The second-order valence-electron chi connectivity index (χ2n) is 4.02. The van der Waals surface area contributed by atoms with Gasteiger partial charge in [0.15, 0.2) is 5.78 Å². The molecule has 0 unspecified atom stereocenters.